The van der Waals surface area contributed by atoms with Crippen molar-refractivity contribution in [3.8, 4) is 5.75 Å². The quantitative estimate of drug-likeness (QED) is 0.573. The van der Waals surface area contributed by atoms with Gasteiger partial charge >= 0.3 is 0 Å². The molecule has 2 aromatic heterocycles. The van der Waals surface area contributed by atoms with E-state index in [0.29, 0.717) is 45.8 Å². The molecule has 9 heteroatoms. The van der Waals surface area contributed by atoms with Gasteiger partial charge in [-0.3, -0.25) is 9.59 Å². The zero-order valence-corrected chi connectivity index (χ0v) is 20.0. The Bertz CT molecular complexity index is 1450. The van der Waals surface area contributed by atoms with Crippen LogP contribution in [0.3, 0.4) is 0 Å². The molecule has 1 aliphatic heterocycles. The number of amides is 1. The van der Waals surface area contributed by atoms with Gasteiger partial charge < -0.3 is 19.5 Å². The summed E-state index contributed by atoms with van der Waals surface area (Å²) in [6.07, 6.45) is 3.14. The summed E-state index contributed by atoms with van der Waals surface area (Å²) in [5, 5.41) is 2.52. The van der Waals surface area contributed by atoms with Crippen molar-refractivity contribution in [2.75, 3.05) is 31.5 Å². The Labute approximate surface area is 210 Å². The number of halogens is 1. The topological polar surface area (TPSA) is 89.3 Å². The maximum atomic E-state index is 12.8. The Balaban J connectivity index is 1.63. The molecule has 1 aliphatic rings. The van der Waals surface area contributed by atoms with Gasteiger partial charge in [-0.25, -0.2) is 9.97 Å². The van der Waals surface area contributed by atoms with Crippen molar-refractivity contribution in [1.82, 2.24) is 19.9 Å². The molecule has 1 saturated heterocycles. The van der Waals surface area contributed by atoms with Crippen LogP contribution in [0.25, 0.3) is 10.9 Å². The minimum absolute atomic E-state index is 0.379. The molecule has 34 heavy (non-hydrogen) atoms. The highest BCUT2D eigenvalue weighted by atomic mass is 35.5. The van der Waals surface area contributed by atoms with E-state index in [2.05, 4.69) is 23.7 Å². The van der Waals surface area contributed by atoms with Gasteiger partial charge in [-0.1, -0.05) is 31.5 Å². The van der Waals surface area contributed by atoms with Crippen molar-refractivity contribution in [3.63, 3.8) is 0 Å². The molecule has 4 rings (SSSR count). The third-order valence-electron chi connectivity index (χ3n) is 5.95. The Morgan fingerprint density at radius 2 is 2.09 bits per heavy atom. The van der Waals surface area contributed by atoms with Crippen molar-refractivity contribution in [3.05, 3.63) is 57.1 Å². The number of hydrogen-bond acceptors (Lipinski definition) is 6. The second kappa shape index (κ2) is 10.0. The summed E-state index contributed by atoms with van der Waals surface area (Å²) in [5.41, 5.74) is 1.33. The molecule has 3 aromatic rings. The van der Waals surface area contributed by atoms with Crippen LogP contribution in [-0.4, -0.2) is 47.1 Å². The molecule has 2 atom stereocenters. The molecule has 0 aliphatic carbocycles. The van der Waals surface area contributed by atoms with E-state index < -0.39 is 30.8 Å². The number of pyridine rings is 1. The normalized spacial score (nSPS) is 21.2. The number of aryl methyl sites for hydroxylation is 1. The van der Waals surface area contributed by atoms with Crippen LogP contribution in [0.2, 0.25) is 5.02 Å². The van der Waals surface area contributed by atoms with Crippen molar-refractivity contribution in [1.29, 1.82) is 0 Å². The highest BCUT2D eigenvalue weighted by Gasteiger charge is 2.24. The van der Waals surface area contributed by atoms with Crippen LogP contribution in [0.1, 0.15) is 38.4 Å². The summed E-state index contributed by atoms with van der Waals surface area (Å²) in [5.74, 6) is -0.269. The number of piperidine rings is 1. The molecule has 0 unspecified atom stereocenters. The third-order valence-corrected chi connectivity index (χ3v) is 6.27. The number of fused-ring (bicyclic) bond motifs is 1. The maximum Gasteiger partial charge on any atom is 0.293 e. The monoisotopic (exact) mass is 488 g/mol. The molecule has 0 radical (unpaired) electrons. The molecule has 180 valence electrons. The molecule has 0 saturated carbocycles. The predicted molar refractivity (Wildman–Crippen MR) is 134 cm³/mol. The van der Waals surface area contributed by atoms with E-state index in [1.54, 1.807) is 23.6 Å². The van der Waals surface area contributed by atoms with Gasteiger partial charge in [0.15, 0.2) is 12.3 Å². The number of ether oxygens (including phenoxy) is 1. The largest absolute Gasteiger partial charge is 0.478 e. The maximum absolute atomic E-state index is 12.8. The van der Waals surface area contributed by atoms with Gasteiger partial charge in [-0.15, -0.1) is 0 Å². The van der Waals surface area contributed by atoms with Crippen molar-refractivity contribution in [2.24, 2.45) is 18.9 Å². The zero-order chi connectivity index (χ0) is 28.7. The van der Waals surface area contributed by atoms with Crippen molar-refractivity contribution in [2.45, 2.75) is 26.7 Å². The molecule has 0 spiro atoms. The second-order valence-electron chi connectivity index (χ2n) is 8.92. The average Bonchev–Trinajstić information content (AvgIpc) is 2.82. The first-order valence-electron chi connectivity index (χ1n) is 13.5. The average molecular weight is 489 g/mol. The molecule has 8 nitrogen and oxygen atoms in total. The first-order valence-corrected chi connectivity index (χ1v) is 11.4. The third kappa shape index (κ3) is 5.17. The van der Waals surface area contributed by atoms with Crippen LogP contribution >= 0.6 is 11.6 Å². The van der Waals surface area contributed by atoms with Gasteiger partial charge in [0.05, 0.1) is 25.2 Å². The Morgan fingerprint density at radius 1 is 1.32 bits per heavy atom. The predicted octanol–water partition coefficient (Wildman–Crippen LogP) is 3.18. The molecule has 1 fully saturated rings. The van der Waals surface area contributed by atoms with Gasteiger partial charge in [0, 0.05) is 43.0 Å². The van der Waals surface area contributed by atoms with E-state index in [9.17, 15) is 9.59 Å². The van der Waals surface area contributed by atoms with Crippen molar-refractivity contribution < 1.29 is 16.4 Å². The number of aromatic nitrogens is 3. The van der Waals surface area contributed by atoms with Gasteiger partial charge in [0.1, 0.15) is 0 Å². The fraction of sp³-hybridized carbons (Fsp3) is 0.440. The zero-order valence-electron chi connectivity index (χ0n) is 24.3. The SMILES string of the molecule is [2H]C([2H])([2H])NC(=O)C([2H])([2H])Oc1cc2cc(Cc3nc(N4C[C@H](C)C[C@H](C)C4)ncc3Cl)ccc2n(C)c1=O. The van der Waals surface area contributed by atoms with E-state index >= 15 is 0 Å². The number of nitrogens with zero attached hydrogens (tertiary/aromatic N) is 4. The number of benzene rings is 1. The summed E-state index contributed by atoms with van der Waals surface area (Å²) in [4.78, 5) is 36.3. The molecular weight excluding hydrogens is 454 g/mol. The number of nitrogens with one attached hydrogen (secondary N) is 1. The lowest BCUT2D eigenvalue weighted by molar-refractivity contribution is -0.122. The summed E-state index contributed by atoms with van der Waals surface area (Å²) in [6, 6.07) is 6.71. The first-order chi connectivity index (χ1) is 18.1. The fourth-order valence-corrected chi connectivity index (χ4v) is 4.66. The fourth-order valence-electron chi connectivity index (χ4n) is 4.50. The molecule has 1 N–H and O–H groups in total. The Morgan fingerprint density at radius 3 is 2.82 bits per heavy atom. The van der Waals surface area contributed by atoms with Gasteiger partial charge in [-0.2, -0.15) is 0 Å². The Kier molecular flexibility index (Phi) is 5.37. The number of carbonyl (C=O) groups excluding carboxylic acids is 1. The lowest BCUT2D eigenvalue weighted by Crippen LogP contribution is -2.39. The van der Waals surface area contributed by atoms with Gasteiger partial charge in [-0.05, 0) is 42.0 Å². The summed E-state index contributed by atoms with van der Waals surface area (Å²) >= 11 is 6.45. The van der Waals surface area contributed by atoms with E-state index in [1.807, 2.05) is 6.07 Å². The summed E-state index contributed by atoms with van der Waals surface area (Å²) < 4.78 is 43.5. The first kappa shape index (κ1) is 18.2. The molecule has 1 amide bonds. The number of carbonyl (C=O) groups is 1. The standard InChI is InChI=1S/C25H30ClN5O3/c1-15-7-16(2)13-31(12-15)25-28-11-19(26)20(29-25)9-17-5-6-21-18(8-17)10-22(24(33)30(21)4)34-14-23(32)27-3/h5-6,8,10-11,15-16H,7,9,12-14H2,1-4H3,(H,27,32)/t15-,16+/i3D3,14D2. The van der Waals surface area contributed by atoms with Crippen LogP contribution in [0.5, 0.6) is 5.75 Å². The Hall–Kier alpha value is -3.13. The number of anilines is 1. The molecule has 3 heterocycles. The minimum atomic E-state index is -3.10. The summed E-state index contributed by atoms with van der Waals surface area (Å²) in [6.45, 7) is 0.159. The lowest BCUT2D eigenvalue weighted by atomic mass is 9.92. The van der Waals surface area contributed by atoms with Crippen LogP contribution in [-0.2, 0) is 18.3 Å². The van der Waals surface area contributed by atoms with Crippen LogP contribution in [0, 0.1) is 11.8 Å². The van der Waals surface area contributed by atoms with E-state index in [0.717, 1.165) is 25.1 Å². The number of hydrogen-bond donors (Lipinski definition) is 1. The molecular formula is C25H30ClN5O3. The smallest absolute Gasteiger partial charge is 0.293 e. The minimum Gasteiger partial charge on any atom is -0.478 e. The van der Waals surface area contributed by atoms with E-state index in [1.165, 1.54) is 17.7 Å². The van der Waals surface area contributed by atoms with Crippen LogP contribution in [0.15, 0.2) is 35.3 Å². The van der Waals surface area contributed by atoms with E-state index in [4.69, 9.17) is 28.2 Å². The lowest BCUT2D eigenvalue weighted by Gasteiger charge is -2.35. The van der Waals surface area contributed by atoms with Crippen LogP contribution in [0.4, 0.5) is 5.95 Å². The number of rotatable bonds is 6. The highest BCUT2D eigenvalue weighted by molar-refractivity contribution is 6.31. The summed E-state index contributed by atoms with van der Waals surface area (Å²) in [7, 11) is 1.49. The molecule has 0 bridgehead atoms. The second-order valence-corrected chi connectivity index (χ2v) is 9.32. The van der Waals surface area contributed by atoms with E-state index in [-0.39, 0.29) is 0 Å². The highest BCUT2D eigenvalue weighted by Crippen LogP contribution is 2.27. The van der Waals surface area contributed by atoms with Crippen molar-refractivity contribution >= 4 is 34.4 Å². The van der Waals surface area contributed by atoms with Gasteiger partial charge in [0.2, 0.25) is 5.95 Å². The molecule has 1 aromatic carbocycles. The number of likely N-dealkylation sites (N-methyl/N-ethyl adjacent to an activating group) is 1. The van der Waals surface area contributed by atoms with Crippen LogP contribution < -0.4 is 20.5 Å². The van der Waals surface area contributed by atoms with Gasteiger partial charge in [0.25, 0.3) is 11.5 Å².